The minimum Gasteiger partial charge on any atom is -0.320 e. The third-order valence-corrected chi connectivity index (χ3v) is 7.39. The lowest BCUT2D eigenvalue weighted by atomic mass is 10.2. The highest BCUT2D eigenvalue weighted by Gasteiger charge is 2.26. The molecule has 32 heavy (non-hydrogen) atoms. The van der Waals surface area contributed by atoms with Crippen molar-refractivity contribution < 1.29 is 30.8 Å². The van der Waals surface area contributed by atoms with E-state index in [0.29, 0.717) is 11.0 Å². The Morgan fingerprint density at radius 2 is 1.62 bits per heavy atom. The van der Waals surface area contributed by atoms with E-state index in [2.05, 4.69) is 5.32 Å². The summed E-state index contributed by atoms with van der Waals surface area (Å²) in [6, 6.07) is 9.90. The monoisotopic (exact) mass is 479 g/mol. The maximum atomic E-state index is 13.9. The van der Waals surface area contributed by atoms with E-state index >= 15 is 0 Å². The van der Waals surface area contributed by atoms with Gasteiger partial charge in [0.2, 0.25) is 0 Å². The number of thioether (sulfide) groups is 1. The number of hydrogen-bond acceptors (Lipinski definition) is 4. The molecule has 0 saturated carbocycles. The van der Waals surface area contributed by atoms with Crippen molar-refractivity contribution in [2.75, 3.05) is 5.32 Å². The van der Waals surface area contributed by atoms with Crippen molar-refractivity contribution in [1.29, 1.82) is 0 Å². The predicted octanol–water partition coefficient (Wildman–Crippen LogP) is 5.30. The van der Waals surface area contributed by atoms with E-state index in [1.165, 1.54) is 30.3 Å². The normalized spacial score (nSPS) is 14.9. The van der Waals surface area contributed by atoms with Crippen molar-refractivity contribution in [3.63, 3.8) is 0 Å². The van der Waals surface area contributed by atoms with Crippen LogP contribution < -0.4 is 5.32 Å². The summed E-state index contributed by atoms with van der Waals surface area (Å²) in [6.45, 7) is 0. The topological polar surface area (TPSA) is 63.2 Å². The summed E-state index contributed by atoms with van der Waals surface area (Å²) in [5, 5.41) is 2.52. The summed E-state index contributed by atoms with van der Waals surface area (Å²) < 4.78 is 80.1. The SMILES string of the molecule is O=C1Nc2cc(S(=O)(=O)Cc3c(F)cccc3F)ccc2S/C1=C\c1ccc(F)cc1F. The fourth-order valence-electron chi connectivity index (χ4n) is 3.04. The van der Waals surface area contributed by atoms with Crippen LogP contribution in [0.1, 0.15) is 11.1 Å². The van der Waals surface area contributed by atoms with Gasteiger partial charge in [0.05, 0.1) is 21.2 Å². The second kappa shape index (κ2) is 8.44. The predicted molar refractivity (Wildman–Crippen MR) is 113 cm³/mol. The van der Waals surface area contributed by atoms with Gasteiger partial charge in [-0.3, -0.25) is 4.79 Å². The molecule has 1 aliphatic rings. The molecule has 0 spiro atoms. The lowest BCUT2D eigenvalue weighted by molar-refractivity contribution is -0.112. The van der Waals surface area contributed by atoms with E-state index < -0.39 is 50.3 Å². The van der Waals surface area contributed by atoms with E-state index in [1.807, 2.05) is 0 Å². The van der Waals surface area contributed by atoms with Crippen LogP contribution in [0.4, 0.5) is 23.2 Å². The van der Waals surface area contributed by atoms with Gasteiger partial charge in [-0.1, -0.05) is 17.8 Å². The van der Waals surface area contributed by atoms with Crippen molar-refractivity contribution in [2.45, 2.75) is 15.5 Å². The molecule has 4 rings (SSSR count). The fourth-order valence-corrected chi connectivity index (χ4v) is 5.35. The van der Waals surface area contributed by atoms with Gasteiger partial charge >= 0.3 is 0 Å². The van der Waals surface area contributed by atoms with Crippen LogP contribution in [0.3, 0.4) is 0 Å². The Morgan fingerprint density at radius 3 is 2.31 bits per heavy atom. The zero-order valence-electron chi connectivity index (χ0n) is 16.0. The van der Waals surface area contributed by atoms with E-state index in [0.717, 1.165) is 36.0 Å². The largest absolute Gasteiger partial charge is 0.320 e. The first-order valence-corrected chi connectivity index (χ1v) is 11.6. The summed E-state index contributed by atoms with van der Waals surface area (Å²) >= 11 is 0.975. The molecule has 1 heterocycles. The van der Waals surface area contributed by atoms with Gasteiger partial charge in [0.15, 0.2) is 9.84 Å². The van der Waals surface area contributed by atoms with Crippen LogP contribution in [-0.2, 0) is 20.4 Å². The van der Waals surface area contributed by atoms with Crippen molar-refractivity contribution in [3.8, 4) is 0 Å². The highest BCUT2D eigenvalue weighted by Crippen LogP contribution is 2.40. The molecule has 0 radical (unpaired) electrons. The van der Waals surface area contributed by atoms with Crippen LogP contribution in [0.25, 0.3) is 6.08 Å². The van der Waals surface area contributed by atoms with Gasteiger partial charge in [-0.25, -0.2) is 26.0 Å². The molecule has 4 nitrogen and oxygen atoms in total. The molecule has 1 aliphatic heterocycles. The first-order chi connectivity index (χ1) is 15.1. The van der Waals surface area contributed by atoms with Crippen LogP contribution in [0.15, 0.2) is 69.3 Å². The zero-order valence-corrected chi connectivity index (χ0v) is 17.7. The van der Waals surface area contributed by atoms with E-state index in [-0.39, 0.29) is 21.1 Å². The van der Waals surface area contributed by atoms with Crippen LogP contribution in [-0.4, -0.2) is 14.3 Å². The Bertz CT molecular complexity index is 1370. The summed E-state index contributed by atoms with van der Waals surface area (Å²) in [5.41, 5.74) is -0.374. The third kappa shape index (κ3) is 4.42. The van der Waals surface area contributed by atoms with Gasteiger partial charge < -0.3 is 5.32 Å². The van der Waals surface area contributed by atoms with Gasteiger partial charge in [0.1, 0.15) is 23.3 Å². The third-order valence-electron chi connectivity index (χ3n) is 4.65. The summed E-state index contributed by atoms with van der Waals surface area (Å²) in [7, 11) is -4.12. The quantitative estimate of drug-likeness (QED) is 0.407. The second-order valence-corrected chi connectivity index (χ2v) is 9.92. The molecule has 1 amide bonds. The molecule has 0 aromatic heterocycles. The fraction of sp³-hybridized carbons (Fsp3) is 0.0455. The minimum atomic E-state index is -4.12. The second-order valence-electron chi connectivity index (χ2n) is 6.85. The summed E-state index contributed by atoms with van der Waals surface area (Å²) in [5.74, 6) is -5.03. The van der Waals surface area contributed by atoms with E-state index in [4.69, 9.17) is 0 Å². The van der Waals surface area contributed by atoms with Gasteiger partial charge in [0, 0.05) is 22.1 Å². The molecule has 10 heteroatoms. The number of benzene rings is 3. The number of carbonyl (C=O) groups excluding carboxylic acids is 1. The molecule has 0 fully saturated rings. The maximum absolute atomic E-state index is 13.9. The van der Waals surface area contributed by atoms with Crippen LogP contribution in [0.2, 0.25) is 0 Å². The molecular weight excluding hydrogens is 466 g/mol. The van der Waals surface area contributed by atoms with E-state index in [1.54, 1.807) is 0 Å². The van der Waals surface area contributed by atoms with Gasteiger partial charge in [-0.05, 0) is 48.5 Å². The highest BCUT2D eigenvalue weighted by molar-refractivity contribution is 8.04. The lowest BCUT2D eigenvalue weighted by Gasteiger charge is -2.19. The molecule has 0 unspecified atom stereocenters. The molecule has 1 N–H and O–H groups in total. The standard InChI is InChI=1S/C22H13F4NO3S2/c23-13-5-4-12(18(26)9-13)8-21-22(28)27-19-10-14(6-7-20(19)31-21)32(29,30)11-15-16(24)2-1-3-17(15)25/h1-10H,11H2,(H,27,28)/b21-8-. The molecule has 0 atom stereocenters. The smallest absolute Gasteiger partial charge is 0.262 e. The number of rotatable bonds is 4. The Kier molecular flexibility index (Phi) is 5.83. The Morgan fingerprint density at radius 1 is 0.906 bits per heavy atom. The molecule has 3 aromatic rings. The summed E-state index contributed by atoms with van der Waals surface area (Å²) in [4.78, 5) is 12.8. The average Bonchev–Trinajstić information content (AvgIpc) is 2.73. The minimum absolute atomic E-state index is 0.0126. The molecule has 0 aliphatic carbocycles. The van der Waals surface area contributed by atoms with Crippen molar-refractivity contribution in [3.05, 3.63) is 93.9 Å². The van der Waals surface area contributed by atoms with Crippen LogP contribution >= 0.6 is 11.8 Å². The van der Waals surface area contributed by atoms with Crippen LogP contribution in [0, 0.1) is 23.3 Å². The average molecular weight is 479 g/mol. The van der Waals surface area contributed by atoms with E-state index in [9.17, 15) is 30.8 Å². The first-order valence-electron chi connectivity index (χ1n) is 9.10. The first kappa shape index (κ1) is 22.1. The van der Waals surface area contributed by atoms with Crippen molar-refractivity contribution >= 4 is 39.3 Å². The Hall–Kier alpha value is -3.11. The zero-order chi connectivity index (χ0) is 23.0. The molecular formula is C22H13F4NO3S2. The molecule has 3 aromatic carbocycles. The Labute approximate surface area is 184 Å². The number of sulfone groups is 1. The number of fused-ring (bicyclic) bond motifs is 1. The van der Waals surface area contributed by atoms with Crippen LogP contribution in [0.5, 0.6) is 0 Å². The lowest BCUT2D eigenvalue weighted by Crippen LogP contribution is -2.18. The number of nitrogens with one attached hydrogen (secondary N) is 1. The van der Waals surface area contributed by atoms with Gasteiger partial charge in [0.25, 0.3) is 5.91 Å². The number of amides is 1. The van der Waals surface area contributed by atoms with Crippen molar-refractivity contribution in [1.82, 2.24) is 0 Å². The molecule has 0 bridgehead atoms. The molecule has 164 valence electrons. The maximum Gasteiger partial charge on any atom is 0.262 e. The van der Waals surface area contributed by atoms with Gasteiger partial charge in [-0.15, -0.1) is 0 Å². The Balaban J connectivity index is 1.63. The molecule has 0 saturated heterocycles. The number of carbonyl (C=O) groups is 1. The highest BCUT2D eigenvalue weighted by atomic mass is 32.2. The number of anilines is 1. The number of hydrogen-bond donors (Lipinski definition) is 1. The number of halogens is 4. The van der Waals surface area contributed by atoms with Crippen molar-refractivity contribution in [2.24, 2.45) is 0 Å². The van der Waals surface area contributed by atoms with Gasteiger partial charge in [-0.2, -0.15) is 0 Å². The summed E-state index contributed by atoms with van der Waals surface area (Å²) in [6.07, 6.45) is 1.25.